The zero-order valence-corrected chi connectivity index (χ0v) is 15.4. The molecule has 12 heteroatoms. The maximum atomic E-state index is 11.6. The third-order valence-corrected chi connectivity index (χ3v) is 5.28. The Morgan fingerprint density at radius 1 is 1.43 bits per heavy atom. The highest BCUT2D eigenvalue weighted by Gasteiger charge is 2.40. The SMILES string of the molecule is N[C@H]1CN[C@H](N(O)N2CC(OC3=C(C(=O)O)C(O)C(CCB(O)O)C=C3)C2)C1. The number of hydrazine groups is 1. The molecule has 0 aromatic carbocycles. The van der Waals surface area contributed by atoms with Crippen molar-refractivity contribution in [1.29, 1.82) is 0 Å². The molecule has 3 aliphatic rings. The molecule has 0 aromatic heterocycles. The normalized spacial score (nSPS) is 31.4. The van der Waals surface area contributed by atoms with E-state index >= 15 is 0 Å². The Bertz CT molecular complexity index is 640. The van der Waals surface area contributed by atoms with E-state index in [-0.39, 0.29) is 42.4 Å². The van der Waals surface area contributed by atoms with Crippen LogP contribution in [0.15, 0.2) is 23.5 Å². The number of nitrogens with one attached hydrogen (secondary N) is 1. The fraction of sp³-hybridized carbons (Fsp3) is 0.688. The van der Waals surface area contributed by atoms with Crippen LogP contribution in [0.2, 0.25) is 6.32 Å². The van der Waals surface area contributed by atoms with Crippen LogP contribution in [0.4, 0.5) is 0 Å². The molecule has 11 nitrogen and oxygen atoms in total. The van der Waals surface area contributed by atoms with Crippen LogP contribution in [0, 0.1) is 5.92 Å². The average molecular weight is 398 g/mol. The van der Waals surface area contributed by atoms with Crippen LogP contribution in [0.3, 0.4) is 0 Å². The van der Waals surface area contributed by atoms with E-state index in [2.05, 4.69) is 5.32 Å². The summed E-state index contributed by atoms with van der Waals surface area (Å²) >= 11 is 0. The number of carboxylic acid groups (broad SMARTS) is 1. The summed E-state index contributed by atoms with van der Waals surface area (Å²) in [6.07, 6.45) is 2.10. The number of hydrogen-bond acceptors (Lipinski definition) is 10. The number of rotatable bonds is 8. The molecule has 0 saturated carbocycles. The van der Waals surface area contributed by atoms with E-state index in [1.807, 2.05) is 0 Å². The van der Waals surface area contributed by atoms with Crippen LogP contribution in [0.5, 0.6) is 0 Å². The Labute approximate surface area is 162 Å². The van der Waals surface area contributed by atoms with E-state index in [0.717, 1.165) is 5.17 Å². The summed E-state index contributed by atoms with van der Waals surface area (Å²) in [7, 11) is -1.51. The molecule has 0 spiro atoms. The second-order valence-corrected chi connectivity index (χ2v) is 7.46. The lowest BCUT2D eigenvalue weighted by molar-refractivity contribution is -0.314. The van der Waals surface area contributed by atoms with Gasteiger partial charge in [-0.3, -0.25) is 10.5 Å². The number of ether oxygens (including phenoxy) is 1. The Morgan fingerprint density at radius 3 is 2.71 bits per heavy atom. The molecular weight excluding hydrogens is 371 g/mol. The monoisotopic (exact) mass is 398 g/mol. The average Bonchev–Trinajstić information content (AvgIpc) is 3.02. The van der Waals surface area contributed by atoms with Crippen molar-refractivity contribution >= 4 is 13.1 Å². The molecule has 2 aliphatic heterocycles. The molecule has 0 radical (unpaired) electrons. The zero-order valence-electron chi connectivity index (χ0n) is 15.4. The van der Waals surface area contributed by atoms with Gasteiger partial charge in [-0.05, 0) is 25.2 Å². The van der Waals surface area contributed by atoms with E-state index in [9.17, 15) is 20.2 Å². The summed E-state index contributed by atoms with van der Waals surface area (Å²) in [5.74, 6) is -1.75. The first-order valence-corrected chi connectivity index (χ1v) is 9.34. The summed E-state index contributed by atoms with van der Waals surface area (Å²) in [6, 6.07) is -0.00925. The van der Waals surface area contributed by atoms with Gasteiger partial charge >= 0.3 is 13.1 Å². The number of aliphatic hydroxyl groups excluding tert-OH is 1. The predicted molar refractivity (Wildman–Crippen MR) is 97.4 cm³/mol. The van der Waals surface area contributed by atoms with Gasteiger partial charge in [0.2, 0.25) is 0 Å². The van der Waals surface area contributed by atoms with Crippen LogP contribution in [0.25, 0.3) is 0 Å². The Morgan fingerprint density at radius 2 is 2.14 bits per heavy atom. The number of allylic oxidation sites excluding steroid dienone is 1. The molecule has 1 aliphatic carbocycles. The number of carbonyl (C=O) groups is 1. The Balaban J connectivity index is 1.56. The van der Waals surface area contributed by atoms with Crippen molar-refractivity contribution in [2.45, 2.75) is 43.6 Å². The second kappa shape index (κ2) is 8.88. The van der Waals surface area contributed by atoms with E-state index in [1.54, 1.807) is 11.1 Å². The molecule has 0 amide bonds. The zero-order chi connectivity index (χ0) is 20.4. The minimum absolute atomic E-state index is 0.00925. The lowest BCUT2D eigenvalue weighted by atomic mass is 9.77. The molecule has 28 heavy (non-hydrogen) atoms. The smallest absolute Gasteiger partial charge is 0.451 e. The number of aliphatic hydroxyl groups is 1. The number of aliphatic carboxylic acids is 1. The maximum Gasteiger partial charge on any atom is 0.451 e. The predicted octanol–water partition coefficient (Wildman–Crippen LogP) is -2.31. The van der Waals surface area contributed by atoms with E-state index < -0.39 is 25.1 Å². The molecule has 8 N–H and O–H groups in total. The van der Waals surface area contributed by atoms with Gasteiger partial charge in [0.25, 0.3) is 0 Å². The van der Waals surface area contributed by atoms with Crippen molar-refractivity contribution in [2.75, 3.05) is 19.6 Å². The third kappa shape index (κ3) is 4.72. The van der Waals surface area contributed by atoms with E-state index in [1.165, 1.54) is 6.08 Å². The fourth-order valence-electron chi connectivity index (χ4n) is 3.65. The first-order valence-electron chi connectivity index (χ1n) is 9.34. The molecule has 2 heterocycles. The summed E-state index contributed by atoms with van der Waals surface area (Å²) in [5.41, 5.74) is 5.57. The number of carboxylic acids is 1. The van der Waals surface area contributed by atoms with Crippen LogP contribution >= 0.6 is 0 Å². The van der Waals surface area contributed by atoms with Gasteiger partial charge < -0.3 is 30.7 Å². The topological polar surface area (TPSA) is 172 Å². The highest BCUT2D eigenvalue weighted by atomic mass is 16.6. The van der Waals surface area contributed by atoms with Crippen LogP contribution < -0.4 is 11.1 Å². The highest BCUT2D eigenvalue weighted by molar-refractivity contribution is 6.40. The van der Waals surface area contributed by atoms with Gasteiger partial charge in [-0.15, -0.1) is 5.17 Å². The number of hydrogen-bond donors (Lipinski definition) is 7. The molecular formula is C16H27BN4O7. The first-order chi connectivity index (χ1) is 13.3. The third-order valence-electron chi connectivity index (χ3n) is 5.28. The highest BCUT2D eigenvalue weighted by Crippen LogP contribution is 2.31. The van der Waals surface area contributed by atoms with Gasteiger partial charge in [0.15, 0.2) is 0 Å². The minimum Gasteiger partial charge on any atom is -0.487 e. The maximum absolute atomic E-state index is 11.6. The fourth-order valence-corrected chi connectivity index (χ4v) is 3.65. The molecule has 2 unspecified atom stereocenters. The number of nitrogens with zero attached hydrogens (tertiary/aromatic N) is 2. The Hall–Kier alpha value is -1.51. The van der Waals surface area contributed by atoms with Crippen LogP contribution in [-0.2, 0) is 9.53 Å². The number of nitrogens with two attached hydrogens (primary N) is 1. The first kappa shape index (κ1) is 21.2. The summed E-state index contributed by atoms with van der Waals surface area (Å²) in [5, 5.41) is 53.9. The van der Waals surface area contributed by atoms with Gasteiger partial charge in [-0.1, -0.05) is 6.08 Å². The van der Waals surface area contributed by atoms with Crippen molar-refractivity contribution in [2.24, 2.45) is 11.7 Å². The summed E-state index contributed by atoms with van der Waals surface area (Å²) in [6.45, 7) is 1.36. The van der Waals surface area contributed by atoms with E-state index in [4.69, 9.17) is 20.5 Å². The molecule has 2 saturated heterocycles. The molecule has 4 atom stereocenters. The van der Waals surface area contributed by atoms with Crippen molar-refractivity contribution in [3.8, 4) is 0 Å². The molecule has 2 fully saturated rings. The van der Waals surface area contributed by atoms with Gasteiger partial charge in [-0.2, -0.15) is 0 Å². The lowest BCUT2D eigenvalue weighted by Crippen LogP contribution is -2.62. The lowest BCUT2D eigenvalue weighted by Gasteiger charge is -2.44. The number of hydroxylamine groups is 1. The van der Waals surface area contributed by atoms with Crippen molar-refractivity contribution in [1.82, 2.24) is 15.5 Å². The van der Waals surface area contributed by atoms with Gasteiger partial charge in [0.1, 0.15) is 23.6 Å². The quantitative estimate of drug-likeness (QED) is 0.173. The summed E-state index contributed by atoms with van der Waals surface area (Å²) < 4.78 is 5.74. The second-order valence-electron chi connectivity index (χ2n) is 7.46. The van der Waals surface area contributed by atoms with Gasteiger partial charge in [-0.25, -0.2) is 9.80 Å². The van der Waals surface area contributed by atoms with Crippen molar-refractivity contribution in [3.05, 3.63) is 23.5 Å². The van der Waals surface area contributed by atoms with Crippen LogP contribution in [-0.4, -0.2) is 92.8 Å². The van der Waals surface area contributed by atoms with Gasteiger partial charge in [0.05, 0.1) is 19.2 Å². The molecule has 0 bridgehead atoms. The van der Waals surface area contributed by atoms with Crippen LogP contribution in [0.1, 0.15) is 12.8 Å². The molecule has 3 rings (SSSR count). The Kier molecular flexibility index (Phi) is 6.73. The minimum atomic E-state index is -1.51. The van der Waals surface area contributed by atoms with Gasteiger partial charge in [0, 0.05) is 18.5 Å². The molecule has 0 aromatic rings. The van der Waals surface area contributed by atoms with Crippen molar-refractivity contribution in [3.63, 3.8) is 0 Å². The standard InChI is InChI=1S/C16H27BN4O7/c18-10-5-13(19-6-10)21(27)20-7-11(8-20)28-12-2-1-9(3-4-17(25)26)15(22)14(12)16(23)24/h1-2,9-11,13,15,19,22,25-27H,3-8,18H2,(H,23,24)/t9?,10-,13-,15?/m1/s1. The molecule has 156 valence electrons. The largest absolute Gasteiger partial charge is 0.487 e. The summed E-state index contributed by atoms with van der Waals surface area (Å²) in [4.78, 5) is 11.6. The van der Waals surface area contributed by atoms with E-state index in [0.29, 0.717) is 26.1 Å². The van der Waals surface area contributed by atoms with Crippen molar-refractivity contribution < 1.29 is 35.0 Å².